The van der Waals surface area contributed by atoms with Gasteiger partial charge in [0.05, 0.1) is 18.5 Å². The zero-order valence-electron chi connectivity index (χ0n) is 11.3. The van der Waals surface area contributed by atoms with Gasteiger partial charge in [0, 0.05) is 31.4 Å². The third-order valence-corrected chi connectivity index (χ3v) is 3.79. The molecule has 0 aromatic heterocycles. The summed E-state index contributed by atoms with van der Waals surface area (Å²) in [6, 6.07) is 0. The first-order valence-corrected chi connectivity index (χ1v) is 7.07. The summed E-state index contributed by atoms with van der Waals surface area (Å²) in [6.45, 7) is 9.54. The molecule has 1 amide bonds. The van der Waals surface area contributed by atoms with Crippen molar-refractivity contribution in [2.24, 2.45) is 0 Å². The topological polar surface area (TPSA) is 41.6 Å². The molecule has 17 heavy (non-hydrogen) atoms. The molecule has 0 saturated carbocycles. The lowest BCUT2D eigenvalue weighted by atomic mass is 10.3. The normalized spacial score (nSPS) is 21.3. The lowest BCUT2D eigenvalue weighted by Crippen LogP contribution is -2.46. The van der Waals surface area contributed by atoms with Gasteiger partial charge in [-0.05, 0) is 0 Å². The van der Waals surface area contributed by atoms with Crippen LogP contribution in [0.5, 0.6) is 0 Å². The number of nitrogens with zero attached hydrogens (tertiary/aromatic N) is 1. The summed E-state index contributed by atoms with van der Waals surface area (Å²) in [7, 11) is 1.85. The SMILES string of the molecule is CN(CC1CNCCO1)C(=O)CSC(C)(C)C. The van der Waals surface area contributed by atoms with Crippen LogP contribution in [0.25, 0.3) is 0 Å². The Labute approximate surface area is 108 Å². The summed E-state index contributed by atoms with van der Waals surface area (Å²) in [5.74, 6) is 0.722. The van der Waals surface area contributed by atoms with Crippen molar-refractivity contribution in [3.63, 3.8) is 0 Å². The first kappa shape index (κ1) is 14.8. The molecule has 1 atom stereocenters. The van der Waals surface area contributed by atoms with Gasteiger partial charge in [-0.1, -0.05) is 20.8 Å². The van der Waals surface area contributed by atoms with Crippen molar-refractivity contribution in [3.05, 3.63) is 0 Å². The molecule has 1 N–H and O–H groups in total. The van der Waals surface area contributed by atoms with Gasteiger partial charge in [0.1, 0.15) is 0 Å². The van der Waals surface area contributed by atoms with Gasteiger partial charge in [0.2, 0.25) is 5.91 Å². The number of carbonyl (C=O) groups is 1. The minimum Gasteiger partial charge on any atom is -0.374 e. The molecule has 5 heteroatoms. The Morgan fingerprint density at radius 1 is 1.53 bits per heavy atom. The van der Waals surface area contributed by atoms with Gasteiger partial charge in [-0.15, -0.1) is 11.8 Å². The summed E-state index contributed by atoms with van der Waals surface area (Å²) in [5.41, 5.74) is 0. The van der Waals surface area contributed by atoms with Gasteiger partial charge in [0.25, 0.3) is 0 Å². The van der Waals surface area contributed by atoms with Crippen molar-refractivity contribution in [2.45, 2.75) is 31.6 Å². The molecule has 1 heterocycles. The van der Waals surface area contributed by atoms with E-state index in [0.29, 0.717) is 12.3 Å². The molecule has 0 aliphatic carbocycles. The third kappa shape index (κ3) is 6.29. The van der Waals surface area contributed by atoms with Gasteiger partial charge < -0.3 is 15.0 Å². The van der Waals surface area contributed by atoms with Crippen LogP contribution in [0.2, 0.25) is 0 Å². The standard InChI is InChI=1S/C12H24N2O2S/c1-12(2,3)17-9-11(15)14(4)8-10-7-13-5-6-16-10/h10,13H,5-9H2,1-4H3. The van der Waals surface area contributed by atoms with Crippen LogP contribution in [0.1, 0.15) is 20.8 Å². The first-order chi connectivity index (χ1) is 7.88. The van der Waals surface area contributed by atoms with Crippen molar-refractivity contribution in [1.82, 2.24) is 10.2 Å². The van der Waals surface area contributed by atoms with Crippen LogP contribution in [0.15, 0.2) is 0 Å². The number of ether oxygens (including phenoxy) is 1. The van der Waals surface area contributed by atoms with Crippen LogP contribution >= 0.6 is 11.8 Å². The van der Waals surface area contributed by atoms with E-state index in [0.717, 1.165) is 19.7 Å². The van der Waals surface area contributed by atoms with Crippen LogP contribution < -0.4 is 5.32 Å². The molecular weight excluding hydrogens is 236 g/mol. The van der Waals surface area contributed by atoms with Crippen LogP contribution in [0, 0.1) is 0 Å². The van der Waals surface area contributed by atoms with Crippen molar-refractivity contribution in [1.29, 1.82) is 0 Å². The molecule has 100 valence electrons. The number of hydrogen-bond acceptors (Lipinski definition) is 4. The fourth-order valence-corrected chi connectivity index (χ4v) is 2.31. The number of rotatable bonds is 4. The number of likely N-dealkylation sites (N-methyl/N-ethyl adjacent to an activating group) is 1. The Morgan fingerprint density at radius 2 is 2.24 bits per heavy atom. The Kier molecular flexibility index (Phi) is 5.76. The van der Waals surface area contributed by atoms with E-state index in [1.54, 1.807) is 16.7 Å². The number of nitrogens with one attached hydrogen (secondary N) is 1. The highest BCUT2D eigenvalue weighted by Gasteiger charge is 2.20. The Balaban J connectivity index is 2.26. The molecular formula is C12H24N2O2S. The number of morpholine rings is 1. The number of hydrogen-bond donors (Lipinski definition) is 1. The summed E-state index contributed by atoms with van der Waals surface area (Å²) in [6.07, 6.45) is 0.136. The van der Waals surface area contributed by atoms with E-state index >= 15 is 0 Å². The van der Waals surface area contributed by atoms with Gasteiger partial charge in [0.15, 0.2) is 0 Å². The molecule has 1 saturated heterocycles. The van der Waals surface area contributed by atoms with E-state index in [1.165, 1.54) is 0 Å². The van der Waals surface area contributed by atoms with Crippen LogP contribution in [-0.2, 0) is 9.53 Å². The van der Waals surface area contributed by atoms with Crippen molar-refractivity contribution in [2.75, 3.05) is 39.0 Å². The lowest BCUT2D eigenvalue weighted by molar-refractivity contribution is -0.129. The number of thioether (sulfide) groups is 1. The third-order valence-electron chi connectivity index (χ3n) is 2.54. The largest absolute Gasteiger partial charge is 0.374 e. The van der Waals surface area contributed by atoms with E-state index in [-0.39, 0.29) is 16.8 Å². The predicted molar refractivity (Wildman–Crippen MR) is 72.5 cm³/mol. The van der Waals surface area contributed by atoms with E-state index in [1.807, 2.05) is 7.05 Å². The smallest absolute Gasteiger partial charge is 0.232 e. The molecule has 4 nitrogen and oxygen atoms in total. The molecule has 0 bridgehead atoms. The molecule has 0 radical (unpaired) electrons. The average Bonchev–Trinajstić information content (AvgIpc) is 2.26. The number of carbonyl (C=O) groups excluding carboxylic acids is 1. The second-order valence-electron chi connectivity index (χ2n) is 5.37. The fraction of sp³-hybridized carbons (Fsp3) is 0.917. The molecule has 1 aliphatic heterocycles. The van der Waals surface area contributed by atoms with Crippen molar-refractivity contribution in [3.8, 4) is 0 Å². The highest BCUT2D eigenvalue weighted by molar-refractivity contribution is 8.01. The van der Waals surface area contributed by atoms with Gasteiger partial charge in [-0.3, -0.25) is 4.79 Å². The highest BCUT2D eigenvalue weighted by atomic mass is 32.2. The average molecular weight is 260 g/mol. The first-order valence-electron chi connectivity index (χ1n) is 6.09. The number of amides is 1. The lowest BCUT2D eigenvalue weighted by Gasteiger charge is -2.28. The Morgan fingerprint density at radius 3 is 2.76 bits per heavy atom. The maximum absolute atomic E-state index is 11.9. The molecule has 0 spiro atoms. The second kappa shape index (κ2) is 6.61. The van der Waals surface area contributed by atoms with Crippen LogP contribution in [0.4, 0.5) is 0 Å². The summed E-state index contributed by atoms with van der Waals surface area (Å²) < 4.78 is 5.72. The van der Waals surface area contributed by atoms with E-state index in [4.69, 9.17) is 4.74 Å². The zero-order chi connectivity index (χ0) is 12.9. The van der Waals surface area contributed by atoms with Crippen molar-refractivity contribution < 1.29 is 9.53 Å². The van der Waals surface area contributed by atoms with Crippen molar-refractivity contribution >= 4 is 17.7 Å². The molecule has 0 aromatic rings. The highest BCUT2D eigenvalue weighted by Crippen LogP contribution is 2.23. The summed E-state index contributed by atoms with van der Waals surface area (Å²) in [5, 5.41) is 3.27. The molecule has 0 aromatic carbocycles. The molecule has 1 unspecified atom stereocenters. The van der Waals surface area contributed by atoms with E-state index < -0.39 is 0 Å². The molecule has 1 aliphatic rings. The maximum atomic E-state index is 11.9. The molecule has 1 fully saturated rings. The van der Waals surface area contributed by atoms with Crippen LogP contribution in [0.3, 0.4) is 0 Å². The molecule has 1 rings (SSSR count). The van der Waals surface area contributed by atoms with Gasteiger partial charge in [-0.2, -0.15) is 0 Å². The Hall–Kier alpha value is -0.260. The monoisotopic (exact) mass is 260 g/mol. The minimum absolute atomic E-state index is 0.136. The summed E-state index contributed by atoms with van der Waals surface area (Å²) in [4.78, 5) is 13.7. The zero-order valence-corrected chi connectivity index (χ0v) is 12.1. The van der Waals surface area contributed by atoms with E-state index in [2.05, 4.69) is 26.1 Å². The Bertz CT molecular complexity index is 247. The quantitative estimate of drug-likeness (QED) is 0.818. The maximum Gasteiger partial charge on any atom is 0.232 e. The van der Waals surface area contributed by atoms with Gasteiger partial charge >= 0.3 is 0 Å². The van der Waals surface area contributed by atoms with E-state index in [9.17, 15) is 4.79 Å². The van der Waals surface area contributed by atoms with Crippen LogP contribution in [-0.4, -0.2) is 60.7 Å². The second-order valence-corrected chi connectivity index (χ2v) is 7.17. The minimum atomic E-state index is 0.136. The van der Waals surface area contributed by atoms with Gasteiger partial charge in [-0.25, -0.2) is 0 Å². The summed E-state index contributed by atoms with van der Waals surface area (Å²) >= 11 is 1.68. The predicted octanol–water partition coefficient (Wildman–Crippen LogP) is 0.965. The fourth-order valence-electron chi connectivity index (χ4n) is 1.53.